The van der Waals surface area contributed by atoms with Crippen LogP contribution < -0.4 is 11.1 Å². The van der Waals surface area contributed by atoms with Crippen LogP contribution in [0.3, 0.4) is 0 Å². The summed E-state index contributed by atoms with van der Waals surface area (Å²) in [5.74, 6) is -0.0328. The smallest absolute Gasteiger partial charge is 0.237 e. The van der Waals surface area contributed by atoms with Crippen molar-refractivity contribution in [3.63, 3.8) is 0 Å². The Morgan fingerprint density at radius 3 is 2.71 bits per heavy atom. The lowest BCUT2D eigenvalue weighted by Crippen LogP contribution is -2.43. The summed E-state index contributed by atoms with van der Waals surface area (Å²) in [7, 11) is 0. The molecule has 1 aromatic rings. The first kappa shape index (κ1) is 13.9. The molecule has 0 saturated carbocycles. The molecule has 0 aromatic carbocycles. The Morgan fingerprint density at radius 2 is 2.12 bits per heavy atom. The molecule has 0 aliphatic rings. The highest BCUT2D eigenvalue weighted by molar-refractivity contribution is 7.98. The standard InChI is InChI=1S/C11H18N4OS/c1-7(2)9(12)10(16)15-6-8-11(17-3)14-5-4-13-8/h4-5,7,9H,6,12H2,1-3H3,(H,15,16)/t9-/m0/s1. The Balaban J connectivity index is 2.58. The van der Waals surface area contributed by atoms with Crippen molar-refractivity contribution >= 4 is 17.7 Å². The highest BCUT2D eigenvalue weighted by Gasteiger charge is 2.17. The van der Waals surface area contributed by atoms with Gasteiger partial charge in [0.2, 0.25) is 5.91 Å². The Hall–Kier alpha value is -1.14. The van der Waals surface area contributed by atoms with Gasteiger partial charge in [-0.2, -0.15) is 0 Å². The lowest BCUT2D eigenvalue weighted by Gasteiger charge is -2.15. The number of nitrogens with one attached hydrogen (secondary N) is 1. The fraction of sp³-hybridized carbons (Fsp3) is 0.545. The first-order chi connectivity index (χ1) is 8.06. The number of carbonyl (C=O) groups is 1. The first-order valence-electron chi connectivity index (χ1n) is 5.43. The van der Waals surface area contributed by atoms with E-state index in [4.69, 9.17) is 5.73 Å². The number of aromatic nitrogens is 2. The Labute approximate surface area is 106 Å². The molecule has 17 heavy (non-hydrogen) atoms. The van der Waals surface area contributed by atoms with E-state index >= 15 is 0 Å². The minimum atomic E-state index is -0.482. The molecule has 0 aliphatic carbocycles. The third-order valence-electron chi connectivity index (χ3n) is 2.38. The fourth-order valence-corrected chi connectivity index (χ4v) is 1.76. The monoisotopic (exact) mass is 254 g/mol. The van der Waals surface area contributed by atoms with Gasteiger partial charge in [0.15, 0.2) is 0 Å². The van der Waals surface area contributed by atoms with Gasteiger partial charge in [0.1, 0.15) is 5.03 Å². The third-order valence-corrected chi connectivity index (χ3v) is 3.11. The minimum absolute atomic E-state index is 0.122. The molecule has 0 radical (unpaired) electrons. The van der Waals surface area contributed by atoms with E-state index in [0.717, 1.165) is 10.7 Å². The molecule has 94 valence electrons. The van der Waals surface area contributed by atoms with Crippen molar-refractivity contribution < 1.29 is 4.79 Å². The second kappa shape index (κ2) is 6.56. The largest absolute Gasteiger partial charge is 0.349 e. The summed E-state index contributed by atoms with van der Waals surface area (Å²) in [6, 6.07) is -0.482. The molecule has 0 aliphatic heterocycles. The normalized spacial score (nSPS) is 12.5. The van der Waals surface area contributed by atoms with Crippen LogP contribution in [0.5, 0.6) is 0 Å². The molecule has 0 bridgehead atoms. The molecule has 0 saturated heterocycles. The van der Waals surface area contributed by atoms with Crippen LogP contribution in [0.1, 0.15) is 19.5 Å². The van der Waals surface area contributed by atoms with Gasteiger partial charge in [-0.15, -0.1) is 11.8 Å². The predicted molar refractivity (Wildman–Crippen MR) is 68.5 cm³/mol. The maximum Gasteiger partial charge on any atom is 0.237 e. The number of thioether (sulfide) groups is 1. The van der Waals surface area contributed by atoms with Crippen LogP contribution in [0.4, 0.5) is 0 Å². The fourth-order valence-electron chi connectivity index (χ4n) is 1.24. The lowest BCUT2D eigenvalue weighted by atomic mass is 10.1. The van der Waals surface area contributed by atoms with E-state index in [2.05, 4.69) is 15.3 Å². The quantitative estimate of drug-likeness (QED) is 0.760. The summed E-state index contributed by atoms with van der Waals surface area (Å²) in [5.41, 5.74) is 6.51. The zero-order chi connectivity index (χ0) is 12.8. The summed E-state index contributed by atoms with van der Waals surface area (Å²) in [4.78, 5) is 20.0. The van der Waals surface area contributed by atoms with Gasteiger partial charge >= 0.3 is 0 Å². The Morgan fingerprint density at radius 1 is 1.47 bits per heavy atom. The van der Waals surface area contributed by atoms with Crippen molar-refractivity contribution in [2.24, 2.45) is 11.7 Å². The van der Waals surface area contributed by atoms with E-state index in [1.807, 2.05) is 20.1 Å². The van der Waals surface area contributed by atoms with Gasteiger partial charge in [0.05, 0.1) is 18.3 Å². The van der Waals surface area contributed by atoms with Gasteiger partial charge in [0, 0.05) is 12.4 Å². The van der Waals surface area contributed by atoms with E-state index in [9.17, 15) is 4.79 Å². The number of hydrogen-bond acceptors (Lipinski definition) is 5. The number of hydrogen-bond donors (Lipinski definition) is 2. The maximum atomic E-state index is 11.7. The van der Waals surface area contributed by atoms with E-state index < -0.39 is 6.04 Å². The zero-order valence-corrected chi connectivity index (χ0v) is 11.1. The Bertz CT molecular complexity index is 383. The number of nitrogens with zero attached hydrogens (tertiary/aromatic N) is 2. The predicted octanol–water partition coefficient (Wildman–Crippen LogP) is 0.798. The van der Waals surface area contributed by atoms with Crippen molar-refractivity contribution in [1.82, 2.24) is 15.3 Å². The third kappa shape index (κ3) is 3.98. The topological polar surface area (TPSA) is 80.9 Å². The van der Waals surface area contributed by atoms with Gasteiger partial charge in [-0.3, -0.25) is 9.78 Å². The zero-order valence-electron chi connectivity index (χ0n) is 10.3. The van der Waals surface area contributed by atoms with Crippen LogP contribution in [0.15, 0.2) is 17.4 Å². The van der Waals surface area contributed by atoms with Gasteiger partial charge < -0.3 is 11.1 Å². The lowest BCUT2D eigenvalue weighted by molar-refractivity contribution is -0.123. The highest BCUT2D eigenvalue weighted by atomic mass is 32.2. The van der Waals surface area contributed by atoms with Gasteiger partial charge in [-0.25, -0.2) is 4.98 Å². The van der Waals surface area contributed by atoms with E-state index in [0.29, 0.717) is 6.54 Å². The number of carbonyl (C=O) groups excluding carboxylic acids is 1. The highest BCUT2D eigenvalue weighted by Crippen LogP contribution is 2.14. The number of amides is 1. The van der Waals surface area contributed by atoms with Crippen LogP contribution in [0.25, 0.3) is 0 Å². The van der Waals surface area contributed by atoms with Crippen molar-refractivity contribution in [1.29, 1.82) is 0 Å². The van der Waals surface area contributed by atoms with Crippen LogP contribution >= 0.6 is 11.8 Å². The SMILES string of the molecule is CSc1nccnc1CNC(=O)[C@@H](N)C(C)C. The number of rotatable bonds is 5. The Kier molecular flexibility index (Phi) is 5.37. The summed E-state index contributed by atoms with van der Waals surface area (Å²) < 4.78 is 0. The van der Waals surface area contributed by atoms with Crippen molar-refractivity contribution in [2.75, 3.05) is 6.26 Å². The second-order valence-electron chi connectivity index (χ2n) is 4.00. The molecule has 1 amide bonds. The molecule has 1 rings (SSSR count). The molecule has 6 heteroatoms. The van der Waals surface area contributed by atoms with Gasteiger partial charge in [-0.1, -0.05) is 13.8 Å². The van der Waals surface area contributed by atoms with Crippen LogP contribution in [0.2, 0.25) is 0 Å². The van der Waals surface area contributed by atoms with Gasteiger partial charge in [0.25, 0.3) is 0 Å². The maximum absolute atomic E-state index is 11.7. The van der Waals surface area contributed by atoms with Crippen molar-refractivity contribution in [3.05, 3.63) is 18.1 Å². The first-order valence-corrected chi connectivity index (χ1v) is 6.66. The van der Waals surface area contributed by atoms with E-state index in [1.165, 1.54) is 11.8 Å². The molecule has 0 spiro atoms. The van der Waals surface area contributed by atoms with Gasteiger partial charge in [-0.05, 0) is 12.2 Å². The molecule has 1 heterocycles. The van der Waals surface area contributed by atoms with E-state index in [-0.39, 0.29) is 11.8 Å². The summed E-state index contributed by atoms with van der Waals surface area (Å²) in [6.45, 7) is 4.20. The van der Waals surface area contributed by atoms with Crippen LogP contribution in [0, 0.1) is 5.92 Å². The molecule has 1 aromatic heterocycles. The summed E-state index contributed by atoms with van der Waals surface area (Å²) >= 11 is 1.51. The molecule has 0 fully saturated rings. The molecule has 5 nitrogen and oxygen atoms in total. The van der Waals surface area contributed by atoms with Crippen molar-refractivity contribution in [2.45, 2.75) is 31.5 Å². The average molecular weight is 254 g/mol. The van der Waals surface area contributed by atoms with Crippen LogP contribution in [-0.2, 0) is 11.3 Å². The summed E-state index contributed by atoms with van der Waals surface area (Å²) in [6.07, 6.45) is 5.18. The average Bonchev–Trinajstić information content (AvgIpc) is 2.35. The summed E-state index contributed by atoms with van der Waals surface area (Å²) in [5, 5.41) is 3.60. The van der Waals surface area contributed by atoms with Crippen molar-refractivity contribution in [3.8, 4) is 0 Å². The number of nitrogens with two attached hydrogens (primary N) is 1. The van der Waals surface area contributed by atoms with Crippen LogP contribution in [-0.4, -0.2) is 28.2 Å². The molecule has 1 atom stereocenters. The molecule has 3 N–H and O–H groups in total. The van der Waals surface area contributed by atoms with E-state index in [1.54, 1.807) is 12.4 Å². The molecular formula is C11H18N4OS. The second-order valence-corrected chi connectivity index (χ2v) is 4.79. The molecule has 0 unspecified atom stereocenters. The molecular weight excluding hydrogens is 236 g/mol. The minimum Gasteiger partial charge on any atom is -0.349 e.